The number of carbonyl (C=O) groups is 5. The number of aliphatic carboxylic acids is 1. The minimum absolute atomic E-state index is 0.162. The molecule has 0 bridgehead atoms. The highest BCUT2D eigenvalue weighted by Gasteiger charge is 2.33. The molecule has 3 atom stereocenters. The quantitative estimate of drug-likeness (QED) is 0.222. The number of carboxylic acid groups (broad SMARTS) is 1. The maximum atomic E-state index is 11.9. The second kappa shape index (κ2) is 22.8. The van der Waals surface area contributed by atoms with Gasteiger partial charge < -0.3 is 29.7 Å². The fourth-order valence-electron chi connectivity index (χ4n) is 5.30. The van der Waals surface area contributed by atoms with E-state index in [4.69, 9.17) is 14.6 Å². The molecule has 23 heteroatoms. The largest absolute Gasteiger partial charge is 0.481 e. The number of hydrogen-bond acceptors (Lipinski definition) is 14. The lowest BCUT2D eigenvalue weighted by molar-refractivity contribution is -0.141. The molecule has 0 saturated carbocycles. The van der Waals surface area contributed by atoms with Gasteiger partial charge in [0.25, 0.3) is 0 Å². The number of benzene rings is 2. The number of primary sulfonamides is 1. The average Bonchev–Trinajstić information content (AvgIpc) is 3.92. The Morgan fingerprint density at radius 1 is 0.684 bits per heavy atom. The van der Waals surface area contributed by atoms with Gasteiger partial charge in [0.05, 0.1) is 36.5 Å². The van der Waals surface area contributed by atoms with Crippen molar-refractivity contribution >= 4 is 60.0 Å². The van der Waals surface area contributed by atoms with Crippen molar-refractivity contribution in [2.24, 2.45) is 22.9 Å². The molecule has 0 spiro atoms. The fraction of sp³-hybridized carbons (Fsp3) is 0.500. The highest BCUT2D eigenvalue weighted by molar-refractivity contribution is 7.89. The number of hydrogen-bond donors (Lipinski definition) is 5. The van der Waals surface area contributed by atoms with Gasteiger partial charge in [0.1, 0.15) is 13.2 Å². The Hall–Kier alpha value is -4.84. The molecule has 3 unspecified atom stereocenters. The van der Waals surface area contributed by atoms with Crippen LogP contribution in [0.5, 0.6) is 0 Å². The number of nitrogens with zero attached hydrogens (tertiary/aromatic N) is 2. The van der Waals surface area contributed by atoms with Crippen LogP contribution in [0.25, 0.3) is 0 Å². The van der Waals surface area contributed by atoms with Crippen molar-refractivity contribution in [3.05, 3.63) is 71.8 Å². The third kappa shape index (κ3) is 21.3. The molecule has 0 aliphatic carbocycles. The van der Waals surface area contributed by atoms with Gasteiger partial charge in [-0.3, -0.25) is 23.8 Å². The number of amides is 4. The Labute approximate surface area is 332 Å². The van der Waals surface area contributed by atoms with Gasteiger partial charge in [-0.2, -0.15) is 0 Å². The summed E-state index contributed by atoms with van der Waals surface area (Å²) in [6, 6.07) is 18.7. The number of sulfonamides is 3. The third-order valence-electron chi connectivity index (χ3n) is 8.03. The van der Waals surface area contributed by atoms with E-state index in [0.29, 0.717) is 38.9 Å². The van der Waals surface area contributed by atoms with Crippen LogP contribution in [0, 0.1) is 17.8 Å². The topological polar surface area (TPSA) is 295 Å². The van der Waals surface area contributed by atoms with Gasteiger partial charge in [0, 0.05) is 32.7 Å². The highest BCUT2D eigenvalue weighted by atomic mass is 32.2. The van der Waals surface area contributed by atoms with Crippen molar-refractivity contribution in [3.8, 4) is 0 Å². The van der Waals surface area contributed by atoms with Crippen LogP contribution in [0.4, 0.5) is 9.59 Å². The lowest BCUT2D eigenvalue weighted by atomic mass is 10.1. The zero-order chi connectivity index (χ0) is 42.8. The van der Waals surface area contributed by atoms with Crippen molar-refractivity contribution < 1.29 is 63.8 Å². The van der Waals surface area contributed by atoms with Crippen LogP contribution in [0.3, 0.4) is 0 Å². The summed E-state index contributed by atoms with van der Waals surface area (Å²) < 4.78 is 76.4. The molecule has 6 N–H and O–H groups in total. The van der Waals surface area contributed by atoms with Crippen molar-refractivity contribution in [1.29, 1.82) is 0 Å². The molecular weight excluding hydrogens is 813 g/mol. The van der Waals surface area contributed by atoms with Crippen LogP contribution in [0.1, 0.15) is 30.4 Å². The van der Waals surface area contributed by atoms with E-state index in [0.717, 1.165) is 36.4 Å². The zero-order valence-corrected chi connectivity index (χ0v) is 34.2. The lowest BCUT2D eigenvalue weighted by Gasteiger charge is -2.16. The lowest BCUT2D eigenvalue weighted by Crippen LogP contribution is -2.37. The number of nitrogens with two attached hydrogens (primary N) is 1. The first-order valence-corrected chi connectivity index (χ1v) is 23.1. The number of nitrogens with one attached hydrogen (secondary N) is 3. The third-order valence-corrected chi connectivity index (χ3v) is 9.17. The van der Waals surface area contributed by atoms with E-state index in [1.807, 2.05) is 70.1 Å². The van der Waals surface area contributed by atoms with Gasteiger partial charge in [-0.1, -0.05) is 60.7 Å². The summed E-state index contributed by atoms with van der Waals surface area (Å²) in [5, 5.41) is 16.2. The van der Waals surface area contributed by atoms with Gasteiger partial charge >= 0.3 is 18.2 Å². The van der Waals surface area contributed by atoms with Gasteiger partial charge in [-0.15, -0.1) is 0 Å². The summed E-state index contributed by atoms with van der Waals surface area (Å²) >= 11 is 0. The Morgan fingerprint density at radius 3 is 1.42 bits per heavy atom. The summed E-state index contributed by atoms with van der Waals surface area (Å²) in [4.78, 5) is 60.1. The monoisotopic (exact) mass is 862 g/mol. The van der Waals surface area contributed by atoms with Crippen LogP contribution >= 0.6 is 0 Å². The number of ether oxygens (including phenoxy) is 2. The smallest absolute Gasteiger partial charge is 0.410 e. The second-order valence-corrected chi connectivity index (χ2v) is 18.4. The second-order valence-electron chi connectivity index (χ2n) is 13.3. The van der Waals surface area contributed by atoms with E-state index in [2.05, 4.69) is 10.5 Å². The molecule has 0 aromatic heterocycles. The molecule has 3 aliphatic rings. The highest BCUT2D eigenvalue weighted by Crippen LogP contribution is 2.19. The molecule has 3 heterocycles. The Morgan fingerprint density at radius 2 is 1.07 bits per heavy atom. The minimum Gasteiger partial charge on any atom is -0.481 e. The fourth-order valence-corrected chi connectivity index (χ4v) is 6.36. The summed E-state index contributed by atoms with van der Waals surface area (Å²) in [5.74, 6) is -3.02. The molecule has 318 valence electrons. The van der Waals surface area contributed by atoms with Crippen LogP contribution < -0.4 is 19.9 Å². The molecule has 3 aliphatic heterocycles. The Kier molecular flexibility index (Phi) is 19.3. The van der Waals surface area contributed by atoms with E-state index < -0.39 is 71.9 Å². The molecular formula is C34H50N6O14S3. The first kappa shape index (κ1) is 48.3. The minimum atomic E-state index is -3.58. The molecule has 2 aromatic rings. The van der Waals surface area contributed by atoms with Crippen LogP contribution in [-0.4, -0.2) is 128 Å². The SMILES string of the molecule is CS(=O)(=O)NC(=O)C1CCN(C(=O)OCc2ccccc2)C1.CS(=O)(=O)NC(=O)C1CCNC1.CS(N)(=O)=O.O=C(O)C1CCN(C(=O)OCc2ccccc2)C1. The number of rotatable bonds is 9. The summed E-state index contributed by atoms with van der Waals surface area (Å²) in [6.07, 6.45) is 3.52. The number of carboxylic acids is 1. The van der Waals surface area contributed by atoms with Gasteiger partial charge in [0.15, 0.2) is 0 Å². The molecule has 57 heavy (non-hydrogen) atoms. The van der Waals surface area contributed by atoms with Crippen molar-refractivity contribution in [2.75, 3.05) is 58.0 Å². The van der Waals surface area contributed by atoms with E-state index in [-0.39, 0.29) is 32.2 Å². The Balaban J connectivity index is 0.000000288. The predicted octanol–water partition coefficient (Wildman–Crippen LogP) is 0.0270. The Bertz CT molecular complexity index is 1970. The van der Waals surface area contributed by atoms with Crippen molar-refractivity contribution in [1.82, 2.24) is 24.6 Å². The van der Waals surface area contributed by atoms with E-state index in [1.54, 1.807) is 0 Å². The molecule has 2 aromatic carbocycles. The van der Waals surface area contributed by atoms with Crippen LogP contribution in [0.15, 0.2) is 60.7 Å². The van der Waals surface area contributed by atoms with Gasteiger partial charge in [0.2, 0.25) is 41.9 Å². The molecule has 20 nitrogen and oxygen atoms in total. The number of carbonyl (C=O) groups excluding carboxylic acids is 4. The maximum absolute atomic E-state index is 11.9. The predicted molar refractivity (Wildman–Crippen MR) is 206 cm³/mol. The van der Waals surface area contributed by atoms with E-state index in [1.165, 1.54) is 9.80 Å². The standard InChI is InChI=1S/C14H18N2O5S.C13H15NO4.C6H12N2O3S.CH5NO2S/c1-22(19,20)15-13(17)12-7-8-16(9-12)14(18)21-10-11-5-3-2-4-6-11;15-12(16)11-6-7-14(8-11)13(17)18-9-10-4-2-1-3-5-10;1-12(10,11)8-6(9)5-2-3-7-4-5;1-5(2,3)4/h2-6,12H,7-10H2,1H3,(H,15,17);1-5,11H,6-9H2,(H,15,16);5,7H,2-4H2,1H3,(H,8,9);1H3,(H2,2,3,4). The van der Waals surface area contributed by atoms with E-state index in [9.17, 15) is 49.2 Å². The van der Waals surface area contributed by atoms with Crippen molar-refractivity contribution in [3.63, 3.8) is 0 Å². The first-order chi connectivity index (χ1) is 26.5. The first-order valence-electron chi connectivity index (χ1n) is 17.4. The van der Waals surface area contributed by atoms with Crippen LogP contribution in [-0.2, 0) is 67.1 Å². The zero-order valence-electron chi connectivity index (χ0n) is 31.7. The average molecular weight is 863 g/mol. The normalized spacial score (nSPS) is 18.9. The molecule has 5 rings (SSSR count). The summed E-state index contributed by atoms with van der Waals surface area (Å²) in [7, 11) is -10.1. The summed E-state index contributed by atoms with van der Waals surface area (Å²) in [6.45, 7) is 2.95. The summed E-state index contributed by atoms with van der Waals surface area (Å²) in [5.41, 5.74) is 1.79. The van der Waals surface area contributed by atoms with Gasteiger partial charge in [-0.25, -0.2) is 40.0 Å². The number of likely N-dealkylation sites (tertiary alicyclic amines) is 2. The molecule has 0 radical (unpaired) electrons. The van der Waals surface area contributed by atoms with Gasteiger partial charge in [-0.05, 0) is 36.9 Å². The maximum Gasteiger partial charge on any atom is 0.410 e. The van der Waals surface area contributed by atoms with Crippen LogP contribution in [0.2, 0.25) is 0 Å². The van der Waals surface area contributed by atoms with E-state index >= 15 is 0 Å². The molecule has 3 saturated heterocycles. The molecule has 3 fully saturated rings. The van der Waals surface area contributed by atoms with Crippen molar-refractivity contribution in [2.45, 2.75) is 32.5 Å². The molecule has 4 amide bonds.